The van der Waals surface area contributed by atoms with Crippen LogP contribution in [0.2, 0.25) is 0 Å². The van der Waals surface area contributed by atoms with Gasteiger partial charge in [-0.25, -0.2) is 0 Å². The highest BCUT2D eigenvalue weighted by Gasteiger charge is 2.10. The molecule has 0 aromatic heterocycles. The predicted octanol–water partition coefficient (Wildman–Crippen LogP) is -0.418. The van der Waals surface area contributed by atoms with E-state index in [1.54, 1.807) is 6.42 Å². The van der Waals surface area contributed by atoms with Crippen molar-refractivity contribution in [2.75, 3.05) is 13.2 Å². The van der Waals surface area contributed by atoms with Gasteiger partial charge < -0.3 is 9.84 Å². The molecule has 1 aliphatic heterocycles. The van der Waals surface area contributed by atoms with Gasteiger partial charge in [0.1, 0.15) is 0 Å². The van der Waals surface area contributed by atoms with Crippen molar-refractivity contribution in [2.24, 2.45) is 0 Å². The third-order valence-electron chi connectivity index (χ3n) is 0.775. The van der Waals surface area contributed by atoms with Crippen LogP contribution < -0.4 is 0 Å². The minimum Gasteiger partial charge on any atom is -0.390 e. The molecule has 6 heavy (non-hydrogen) atoms. The molecular formula is C4H7O2. The van der Waals surface area contributed by atoms with Gasteiger partial charge in [0, 0.05) is 6.42 Å². The van der Waals surface area contributed by atoms with Crippen LogP contribution in [0.4, 0.5) is 0 Å². The van der Waals surface area contributed by atoms with E-state index < -0.39 is 0 Å². The zero-order valence-electron chi connectivity index (χ0n) is 3.42. The van der Waals surface area contributed by atoms with E-state index in [2.05, 4.69) is 0 Å². The van der Waals surface area contributed by atoms with Gasteiger partial charge in [-0.05, 0) is 0 Å². The molecule has 2 heteroatoms. The van der Waals surface area contributed by atoms with Crippen LogP contribution in [0.5, 0.6) is 0 Å². The first-order chi connectivity index (χ1) is 2.89. The molecule has 0 aromatic carbocycles. The summed E-state index contributed by atoms with van der Waals surface area (Å²) in [6, 6.07) is 0. The molecule has 2 nitrogen and oxygen atoms in total. The van der Waals surface area contributed by atoms with E-state index >= 15 is 0 Å². The van der Waals surface area contributed by atoms with Crippen LogP contribution in [0.15, 0.2) is 0 Å². The van der Waals surface area contributed by atoms with E-state index in [-0.39, 0.29) is 6.10 Å². The van der Waals surface area contributed by atoms with E-state index in [1.807, 2.05) is 0 Å². The first-order valence-corrected chi connectivity index (χ1v) is 1.99. The molecule has 1 N–H and O–H groups in total. The molecule has 1 aliphatic rings. The number of rotatable bonds is 0. The molecule has 1 saturated heterocycles. The van der Waals surface area contributed by atoms with E-state index in [9.17, 15) is 0 Å². The first kappa shape index (κ1) is 4.09. The summed E-state index contributed by atoms with van der Waals surface area (Å²) in [5, 5.41) is 8.55. The van der Waals surface area contributed by atoms with Crippen LogP contribution in [-0.2, 0) is 4.74 Å². The van der Waals surface area contributed by atoms with E-state index in [0.717, 1.165) is 0 Å². The maximum absolute atomic E-state index is 8.55. The molecule has 0 aromatic rings. The molecule has 35 valence electrons. The third kappa shape index (κ3) is 0.698. The van der Waals surface area contributed by atoms with Gasteiger partial charge >= 0.3 is 0 Å². The molecule has 1 radical (unpaired) electrons. The molecule has 0 bridgehead atoms. The van der Waals surface area contributed by atoms with E-state index in [0.29, 0.717) is 13.2 Å². The van der Waals surface area contributed by atoms with Crippen molar-refractivity contribution < 1.29 is 9.84 Å². The molecule has 1 fully saturated rings. The van der Waals surface area contributed by atoms with Gasteiger partial charge in [-0.15, -0.1) is 0 Å². The second-order valence-electron chi connectivity index (χ2n) is 1.34. The van der Waals surface area contributed by atoms with Gasteiger partial charge in [0.05, 0.1) is 19.3 Å². The number of hydrogen-bond donors (Lipinski definition) is 1. The van der Waals surface area contributed by atoms with Crippen LogP contribution in [0, 0.1) is 6.42 Å². The third-order valence-corrected chi connectivity index (χ3v) is 0.775. The smallest absolute Gasteiger partial charge is 0.0828 e. The Kier molecular flexibility index (Phi) is 1.08. The first-order valence-electron chi connectivity index (χ1n) is 1.99. The molecule has 0 saturated carbocycles. The molecule has 0 amide bonds. The highest BCUT2D eigenvalue weighted by atomic mass is 16.5. The van der Waals surface area contributed by atoms with Crippen molar-refractivity contribution in [3.8, 4) is 0 Å². The number of aliphatic hydroxyl groups is 1. The largest absolute Gasteiger partial charge is 0.390 e. The van der Waals surface area contributed by atoms with E-state index in [1.165, 1.54) is 0 Å². The maximum Gasteiger partial charge on any atom is 0.0828 e. The van der Waals surface area contributed by atoms with Crippen LogP contribution in [0.25, 0.3) is 0 Å². The fraction of sp³-hybridized carbons (Fsp3) is 0.750. The number of hydrogen-bond acceptors (Lipinski definition) is 2. The van der Waals surface area contributed by atoms with Gasteiger partial charge in [-0.2, -0.15) is 0 Å². The summed E-state index contributed by atoms with van der Waals surface area (Å²) < 4.78 is 4.75. The molecule has 1 rings (SSSR count). The summed E-state index contributed by atoms with van der Waals surface area (Å²) in [4.78, 5) is 0. The Morgan fingerprint density at radius 3 is 2.83 bits per heavy atom. The molecule has 0 aliphatic carbocycles. The SMILES string of the molecule is O[C@H]1[CH]COC1. The van der Waals surface area contributed by atoms with Crippen molar-refractivity contribution in [1.29, 1.82) is 0 Å². The summed E-state index contributed by atoms with van der Waals surface area (Å²) >= 11 is 0. The minimum atomic E-state index is -0.301. The summed E-state index contributed by atoms with van der Waals surface area (Å²) in [6.07, 6.45) is 1.44. The Balaban J connectivity index is 2.18. The molecule has 0 unspecified atom stereocenters. The quantitative estimate of drug-likeness (QED) is 0.435. The van der Waals surface area contributed by atoms with Crippen molar-refractivity contribution in [1.82, 2.24) is 0 Å². The van der Waals surface area contributed by atoms with Gasteiger partial charge in [0.15, 0.2) is 0 Å². The lowest BCUT2D eigenvalue weighted by Gasteiger charge is -1.88. The molecule has 1 heterocycles. The van der Waals surface area contributed by atoms with Crippen molar-refractivity contribution in [3.63, 3.8) is 0 Å². The van der Waals surface area contributed by atoms with Gasteiger partial charge in [0.25, 0.3) is 0 Å². The lowest BCUT2D eigenvalue weighted by molar-refractivity contribution is 0.130. The lowest BCUT2D eigenvalue weighted by Crippen LogP contribution is -2.03. The molecule has 1 atom stereocenters. The minimum absolute atomic E-state index is 0.301. The summed E-state index contributed by atoms with van der Waals surface area (Å²) in [6.45, 7) is 1.10. The van der Waals surface area contributed by atoms with Gasteiger partial charge in [-0.3, -0.25) is 0 Å². The average Bonchev–Trinajstić information content (AvgIpc) is 1.86. The Labute approximate surface area is 36.7 Å². The standard InChI is InChI=1S/C4H7O2/c5-4-1-2-6-3-4/h1,4-5H,2-3H2/t4-/m0/s1. The topological polar surface area (TPSA) is 29.5 Å². The normalized spacial score (nSPS) is 34.5. The summed E-state index contributed by atoms with van der Waals surface area (Å²) in [7, 11) is 0. The number of ether oxygens (including phenoxy) is 1. The highest BCUT2D eigenvalue weighted by molar-refractivity contribution is 4.79. The zero-order chi connectivity index (χ0) is 4.41. The van der Waals surface area contributed by atoms with Crippen molar-refractivity contribution in [3.05, 3.63) is 6.42 Å². The van der Waals surface area contributed by atoms with E-state index in [4.69, 9.17) is 9.84 Å². The lowest BCUT2D eigenvalue weighted by atomic mass is 10.3. The second-order valence-corrected chi connectivity index (χ2v) is 1.34. The second kappa shape index (κ2) is 1.58. The number of aliphatic hydroxyl groups excluding tert-OH is 1. The monoisotopic (exact) mass is 87.0 g/mol. The fourth-order valence-corrected chi connectivity index (χ4v) is 0.436. The van der Waals surface area contributed by atoms with Gasteiger partial charge in [-0.1, -0.05) is 0 Å². The molecule has 0 spiro atoms. The van der Waals surface area contributed by atoms with Crippen LogP contribution in [0.1, 0.15) is 0 Å². The zero-order valence-corrected chi connectivity index (χ0v) is 3.42. The van der Waals surface area contributed by atoms with Crippen molar-refractivity contribution >= 4 is 0 Å². The Hall–Kier alpha value is -0.0800. The van der Waals surface area contributed by atoms with Gasteiger partial charge in [0.2, 0.25) is 0 Å². The van der Waals surface area contributed by atoms with Crippen molar-refractivity contribution in [2.45, 2.75) is 6.10 Å². The molecular weight excluding hydrogens is 80.0 g/mol. The van der Waals surface area contributed by atoms with Crippen LogP contribution in [0.3, 0.4) is 0 Å². The van der Waals surface area contributed by atoms with Crippen LogP contribution >= 0.6 is 0 Å². The Bertz CT molecular complexity index is 38.8. The Morgan fingerprint density at radius 2 is 2.67 bits per heavy atom. The highest BCUT2D eigenvalue weighted by Crippen LogP contribution is 1.99. The summed E-state index contributed by atoms with van der Waals surface area (Å²) in [5.41, 5.74) is 0. The average molecular weight is 87.1 g/mol. The Morgan fingerprint density at radius 1 is 1.83 bits per heavy atom. The maximum atomic E-state index is 8.55. The predicted molar refractivity (Wildman–Crippen MR) is 21.1 cm³/mol. The van der Waals surface area contributed by atoms with Crippen LogP contribution in [-0.4, -0.2) is 24.4 Å². The fourth-order valence-electron chi connectivity index (χ4n) is 0.436. The summed E-state index contributed by atoms with van der Waals surface area (Å²) in [5.74, 6) is 0.